The first-order valence-corrected chi connectivity index (χ1v) is 7.71. The molecule has 0 spiro atoms. The Morgan fingerprint density at radius 2 is 2.00 bits per heavy atom. The smallest absolute Gasteiger partial charge is 0.242 e. The summed E-state index contributed by atoms with van der Waals surface area (Å²) in [5.74, 6) is -0.106. The molecule has 1 aromatic heterocycles. The molecule has 0 aliphatic carbocycles. The number of piperazine rings is 1. The zero-order valence-corrected chi connectivity index (χ0v) is 13.2. The summed E-state index contributed by atoms with van der Waals surface area (Å²) >= 11 is 0. The molecule has 3 rings (SSSR count). The molecule has 23 heavy (non-hydrogen) atoms. The van der Waals surface area contributed by atoms with Crippen molar-refractivity contribution in [3.05, 3.63) is 36.2 Å². The van der Waals surface area contributed by atoms with Crippen molar-refractivity contribution in [2.24, 2.45) is 0 Å². The number of rotatable bonds is 5. The number of anilines is 1. The highest BCUT2D eigenvalue weighted by Gasteiger charge is 2.16. The molecule has 122 valence electrons. The number of carbonyl (C=O) groups excluding carboxylic acids is 1. The number of carbonyl (C=O) groups is 1. The standard InChI is InChI=1S/C15H21N7O/c1-20-6-8-21(9-7-20)14-5-3-2-4-13(14)10-16-15(23)11-22-12-17-18-19-22/h2-5,12H,6-11H2,1H3,(H,16,23). The van der Waals surface area contributed by atoms with E-state index in [4.69, 9.17) is 0 Å². The van der Waals surface area contributed by atoms with Crippen molar-refractivity contribution < 1.29 is 4.79 Å². The topological polar surface area (TPSA) is 79.2 Å². The molecular weight excluding hydrogens is 294 g/mol. The van der Waals surface area contributed by atoms with Gasteiger partial charge in [-0.25, -0.2) is 4.68 Å². The van der Waals surface area contributed by atoms with Crippen molar-refractivity contribution >= 4 is 11.6 Å². The van der Waals surface area contributed by atoms with Crippen LogP contribution >= 0.6 is 0 Å². The maximum absolute atomic E-state index is 12.0. The lowest BCUT2D eigenvalue weighted by Crippen LogP contribution is -2.45. The van der Waals surface area contributed by atoms with E-state index >= 15 is 0 Å². The van der Waals surface area contributed by atoms with Crippen LogP contribution in [-0.2, 0) is 17.9 Å². The number of nitrogens with zero attached hydrogens (tertiary/aromatic N) is 6. The molecule has 1 amide bonds. The van der Waals surface area contributed by atoms with Gasteiger partial charge in [-0.1, -0.05) is 18.2 Å². The Balaban J connectivity index is 1.60. The molecule has 8 nitrogen and oxygen atoms in total. The van der Waals surface area contributed by atoms with Crippen LogP contribution in [0, 0.1) is 0 Å². The summed E-state index contributed by atoms with van der Waals surface area (Å²) in [6.45, 7) is 4.76. The molecule has 1 aliphatic heterocycles. The van der Waals surface area contributed by atoms with Crippen molar-refractivity contribution in [1.82, 2.24) is 30.4 Å². The second kappa shape index (κ2) is 7.19. The number of aromatic nitrogens is 4. The predicted molar refractivity (Wildman–Crippen MR) is 85.8 cm³/mol. The van der Waals surface area contributed by atoms with Gasteiger partial charge in [0.1, 0.15) is 12.9 Å². The molecule has 1 fully saturated rings. The van der Waals surface area contributed by atoms with Gasteiger partial charge in [-0.15, -0.1) is 5.10 Å². The van der Waals surface area contributed by atoms with Crippen LogP contribution in [0.25, 0.3) is 0 Å². The molecule has 2 heterocycles. The highest BCUT2D eigenvalue weighted by Crippen LogP contribution is 2.21. The van der Waals surface area contributed by atoms with Crippen LogP contribution in [0.1, 0.15) is 5.56 Å². The molecule has 8 heteroatoms. The molecule has 1 aliphatic rings. The van der Waals surface area contributed by atoms with E-state index in [0.29, 0.717) is 6.54 Å². The van der Waals surface area contributed by atoms with Crippen LogP contribution in [0.5, 0.6) is 0 Å². The Labute approximate surface area is 135 Å². The second-order valence-corrected chi connectivity index (χ2v) is 5.70. The summed E-state index contributed by atoms with van der Waals surface area (Å²) in [5.41, 5.74) is 2.32. The number of hydrogen-bond acceptors (Lipinski definition) is 6. The summed E-state index contributed by atoms with van der Waals surface area (Å²) in [6.07, 6.45) is 1.43. The molecule has 1 N–H and O–H groups in total. The minimum Gasteiger partial charge on any atom is -0.369 e. The van der Waals surface area contributed by atoms with E-state index in [1.54, 1.807) is 0 Å². The van der Waals surface area contributed by atoms with Gasteiger partial charge in [0.15, 0.2) is 0 Å². The lowest BCUT2D eigenvalue weighted by molar-refractivity contribution is -0.122. The monoisotopic (exact) mass is 315 g/mol. The van der Waals surface area contributed by atoms with Crippen LogP contribution in [-0.4, -0.2) is 64.2 Å². The average molecular weight is 315 g/mol. The first-order chi connectivity index (χ1) is 11.2. The fourth-order valence-corrected chi connectivity index (χ4v) is 2.67. The average Bonchev–Trinajstić information content (AvgIpc) is 3.07. The summed E-state index contributed by atoms with van der Waals surface area (Å²) < 4.78 is 1.40. The van der Waals surface area contributed by atoms with E-state index in [1.807, 2.05) is 12.1 Å². The van der Waals surface area contributed by atoms with Gasteiger partial charge in [-0.3, -0.25) is 4.79 Å². The largest absolute Gasteiger partial charge is 0.369 e. The van der Waals surface area contributed by atoms with Crippen molar-refractivity contribution in [1.29, 1.82) is 0 Å². The molecule has 0 saturated carbocycles. The van der Waals surface area contributed by atoms with E-state index in [-0.39, 0.29) is 12.5 Å². The van der Waals surface area contributed by atoms with Crippen molar-refractivity contribution in [3.8, 4) is 0 Å². The highest BCUT2D eigenvalue weighted by molar-refractivity contribution is 5.75. The number of likely N-dealkylation sites (N-methyl/N-ethyl adjacent to an activating group) is 1. The number of amides is 1. The van der Waals surface area contributed by atoms with Crippen molar-refractivity contribution in [2.75, 3.05) is 38.1 Å². The van der Waals surface area contributed by atoms with Gasteiger partial charge in [0.2, 0.25) is 5.91 Å². The normalized spacial score (nSPS) is 15.6. The van der Waals surface area contributed by atoms with Gasteiger partial charge in [0.05, 0.1) is 0 Å². The molecule has 1 aromatic carbocycles. The molecule has 0 bridgehead atoms. The van der Waals surface area contributed by atoms with Crippen LogP contribution in [0.4, 0.5) is 5.69 Å². The van der Waals surface area contributed by atoms with E-state index in [1.165, 1.54) is 16.7 Å². The Morgan fingerprint density at radius 3 is 2.74 bits per heavy atom. The predicted octanol–water partition coefficient (Wildman–Crippen LogP) is -0.259. The Morgan fingerprint density at radius 1 is 1.22 bits per heavy atom. The Bertz CT molecular complexity index is 635. The van der Waals surface area contributed by atoms with E-state index in [2.05, 4.69) is 49.8 Å². The fourth-order valence-electron chi connectivity index (χ4n) is 2.67. The zero-order valence-electron chi connectivity index (χ0n) is 13.2. The molecule has 0 radical (unpaired) electrons. The maximum Gasteiger partial charge on any atom is 0.242 e. The van der Waals surface area contributed by atoms with Gasteiger partial charge in [-0.2, -0.15) is 0 Å². The van der Waals surface area contributed by atoms with Crippen LogP contribution < -0.4 is 10.2 Å². The van der Waals surface area contributed by atoms with Gasteiger partial charge in [0, 0.05) is 38.4 Å². The van der Waals surface area contributed by atoms with Gasteiger partial charge >= 0.3 is 0 Å². The third-order valence-electron chi connectivity index (χ3n) is 4.01. The number of tetrazole rings is 1. The lowest BCUT2D eigenvalue weighted by Gasteiger charge is -2.35. The molecule has 2 aromatic rings. The second-order valence-electron chi connectivity index (χ2n) is 5.70. The zero-order chi connectivity index (χ0) is 16.1. The minimum absolute atomic E-state index is 0.106. The quantitative estimate of drug-likeness (QED) is 0.819. The maximum atomic E-state index is 12.0. The number of hydrogen-bond donors (Lipinski definition) is 1. The SMILES string of the molecule is CN1CCN(c2ccccc2CNC(=O)Cn2cnnn2)CC1. The molecule has 1 saturated heterocycles. The fraction of sp³-hybridized carbons (Fsp3) is 0.467. The number of benzene rings is 1. The first-order valence-electron chi connectivity index (χ1n) is 7.71. The molecule has 0 atom stereocenters. The summed E-state index contributed by atoms with van der Waals surface area (Å²) in [7, 11) is 2.14. The molecular formula is C15H21N7O. The van der Waals surface area contributed by atoms with Crippen LogP contribution in [0.3, 0.4) is 0 Å². The van der Waals surface area contributed by atoms with E-state index < -0.39 is 0 Å². The van der Waals surface area contributed by atoms with E-state index in [9.17, 15) is 4.79 Å². The highest BCUT2D eigenvalue weighted by atomic mass is 16.2. The van der Waals surface area contributed by atoms with E-state index in [0.717, 1.165) is 31.7 Å². The van der Waals surface area contributed by atoms with Gasteiger partial charge < -0.3 is 15.1 Å². The van der Waals surface area contributed by atoms with Gasteiger partial charge in [0.25, 0.3) is 0 Å². The number of nitrogens with one attached hydrogen (secondary N) is 1. The lowest BCUT2D eigenvalue weighted by atomic mass is 10.1. The third kappa shape index (κ3) is 4.04. The van der Waals surface area contributed by atoms with Crippen molar-refractivity contribution in [3.63, 3.8) is 0 Å². The Hall–Kier alpha value is -2.48. The first kappa shape index (κ1) is 15.4. The summed E-state index contributed by atoms with van der Waals surface area (Å²) in [4.78, 5) is 16.7. The minimum atomic E-state index is -0.106. The molecule has 0 unspecified atom stereocenters. The third-order valence-corrected chi connectivity index (χ3v) is 4.01. The number of para-hydroxylation sites is 1. The Kier molecular flexibility index (Phi) is 4.82. The van der Waals surface area contributed by atoms with Crippen LogP contribution in [0.2, 0.25) is 0 Å². The summed E-state index contributed by atoms with van der Waals surface area (Å²) in [5, 5.41) is 13.7. The van der Waals surface area contributed by atoms with Gasteiger partial charge in [-0.05, 0) is 29.1 Å². The van der Waals surface area contributed by atoms with Crippen LogP contribution in [0.15, 0.2) is 30.6 Å². The van der Waals surface area contributed by atoms with Crippen molar-refractivity contribution in [2.45, 2.75) is 13.1 Å². The summed E-state index contributed by atoms with van der Waals surface area (Å²) in [6, 6.07) is 8.22.